The largest absolute Gasteiger partial charge is 0.330 e. The maximum absolute atomic E-state index is 12.9. The quantitative estimate of drug-likeness (QED) is 0.742. The van der Waals surface area contributed by atoms with Gasteiger partial charge in [-0.15, -0.1) is 0 Å². The van der Waals surface area contributed by atoms with Gasteiger partial charge in [0.1, 0.15) is 5.82 Å². The van der Waals surface area contributed by atoms with E-state index in [1.807, 2.05) is 35.9 Å². The number of nitrogens with one attached hydrogen (secondary N) is 1. The number of rotatable bonds is 3. The number of hydrogen-bond acceptors (Lipinski definition) is 4. The van der Waals surface area contributed by atoms with Crippen molar-refractivity contribution in [2.45, 2.75) is 19.0 Å². The van der Waals surface area contributed by atoms with Gasteiger partial charge < -0.3 is 9.88 Å². The Morgan fingerprint density at radius 2 is 1.88 bits per heavy atom. The molecule has 1 aromatic carbocycles. The third kappa shape index (κ3) is 2.27. The first kappa shape index (κ1) is 15.3. The van der Waals surface area contributed by atoms with Crippen LogP contribution in [0, 0.1) is 0 Å². The summed E-state index contributed by atoms with van der Waals surface area (Å²) >= 11 is 0. The van der Waals surface area contributed by atoms with Gasteiger partial charge in [-0.1, -0.05) is 18.2 Å². The van der Waals surface area contributed by atoms with Crippen LogP contribution in [-0.4, -0.2) is 31.4 Å². The minimum absolute atomic E-state index is 0.109. The van der Waals surface area contributed by atoms with Gasteiger partial charge in [-0.05, 0) is 31.2 Å². The Hall–Kier alpha value is -3.22. The molecule has 0 saturated carbocycles. The lowest BCUT2D eigenvalue weighted by Crippen LogP contribution is -2.41. The summed E-state index contributed by atoms with van der Waals surface area (Å²) in [6, 6.07) is 12.6. The number of urea groups is 1. The highest BCUT2D eigenvalue weighted by Gasteiger charge is 2.50. The molecule has 1 unspecified atom stereocenters. The van der Waals surface area contributed by atoms with E-state index in [1.54, 1.807) is 31.3 Å². The van der Waals surface area contributed by atoms with Crippen LogP contribution in [0.5, 0.6) is 0 Å². The number of aromatic nitrogens is 3. The van der Waals surface area contributed by atoms with Crippen molar-refractivity contribution in [3.05, 3.63) is 60.2 Å². The predicted octanol–water partition coefficient (Wildman–Crippen LogP) is 1.94. The van der Waals surface area contributed by atoms with Gasteiger partial charge in [-0.2, -0.15) is 0 Å². The van der Waals surface area contributed by atoms with Crippen LogP contribution in [0.3, 0.4) is 0 Å². The van der Waals surface area contributed by atoms with Gasteiger partial charge >= 0.3 is 6.03 Å². The molecule has 2 aromatic heterocycles. The number of carbonyl (C=O) groups excluding carboxylic acids is 2. The van der Waals surface area contributed by atoms with E-state index in [0.717, 1.165) is 11.0 Å². The van der Waals surface area contributed by atoms with Crippen molar-refractivity contribution in [3.63, 3.8) is 0 Å². The zero-order valence-corrected chi connectivity index (χ0v) is 13.9. The fourth-order valence-corrected chi connectivity index (χ4v) is 3.15. The minimum atomic E-state index is -1.16. The molecule has 3 aromatic rings. The van der Waals surface area contributed by atoms with Crippen molar-refractivity contribution in [2.24, 2.45) is 7.05 Å². The molecule has 7 heteroatoms. The van der Waals surface area contributed by atoms with E-state index in [-0.39, 0.29) is 12.5 Å². The number of aryl methyl sites for hydroxylation is 1. The van der Waals surface area contributed by atoms with Crippen molar-refractivity contribution in [2.75, 3.05) is 0 Å². The second kappa shape index (κ2) is 5.41. The maximum atomic E-state index is 12.9. The number of para-hydroxylation sites is 2. The third-order valence-electron chi connectivity index (χ3n) is 4.63. The molecule has 1 atom stereocenters. The lowest BCUT2D eigenvalue weighted by atomic mass is 9.97. The summed E-state index contributed by atoms with van der Waals surface area (Å²) in [7, 11) is 1.88. The summed E-state index contributed by atoms with van der Waals surface area (Å²) in [6.07, 6.45) is 1.61. The standard InChI is InChI=1S/C18H17N5O2/c1-18(14-9-5-6-10-19-14)16(24)23(17(25)21-18)11-15-20-12-7-3-4-8-13(12)22(15)2/h3-10H,11H2,1-2H3,(H,21,25). The van der Waals surface area contributed by atoms with Crippen molar-refractivity contribution >= 4 is 23.0 Å². The summed E-state index contributed by atoms with van der Waals surface area (Å²) in [5.41, 5.74) is 1.14. The van der Waals surface area contributed by atoms with Gasteiger partial charge in [0.05, 0.1) is 23.3 Å². The third-order valence-corrected chi connectivity index (χ3v) is 4.63. The number of imidazole rings is 1. The Morgan fingerprint density at radius 3 is 2.60 bits per heavy atom. The monoisotopic (exact) mass is 335 g/mol. The Kier molecular flexibility index (Phi) is 3.31. The average Bonchev–Trinajstić information content (AvgIpc) is 3.06. The molecular weight excluding hydrogens is 318 g/mol. The molecule has 7 nitrogen and oxygen atoms in total. The number of carbonyl (C=O) groups is 2. The summed E-state index contributed by atoms with van der Waals surface area (Å²) in [6.45, 7) is 1.78. The summed E-state index contributed by atoms with van der Waals surface area (Å²) in [5.74, 6) is 0.318. The zero-order chi connectivity index (χ0) is 17.6. The summed E-state index contributed by atoms with van der Waals surface area (Å²) < 4.78 is 1.90. The molecule has 1 fully saturated rings. The van der Waals surface area contributed by atoms with Crippen LogP contribution in [-0.2, 0) is 23.9 Å². The highest BCUT2D eigenvalue weighted by Crippen LogP contribution is 2.28. The maximum Gasteiger partial charge on any atom is 0.325 e. The molecule has 4 rings (SSSR count). The number of imide groups is 1. The second-order valence-corrected chi connectivity index (χ2v) is 6.24. The molecule has 0 spiro atoms. The molecule has 25 heavy (non-hydrogen) atoms. The Balaban J connectivity index is 1.68. The van der Waals surface area contributed by atoms with E-state index in [2.05, 4.69) is 15.3 Å². The van der Waals surface area contributed by atoms with Gasteiger partial charge in [0, 0.05) is 13.2 Å². The molecule has 1 aliphatic heterocycles. The molecule has 0 radical (unpaired) electrons. The van der Waals surface area contributed by atoms with Crippen LogP contribution in [0.1, 0.15) is 18.4 Å². The molecule has 0 bridgehead atoms. The number of pyridine rings is 1. The van der Waals surface area contributed by atoms with Crippen LogP contribution in [0.25, 0.3) is 11.0 Å². The van der Waals surface area contributed by atoms with Gasteiger partial charge in [0.2, 0.25) is 0 Å². The van der Waals surface area contributed by atoms with Gasteiger partial charge in [-0.25, -0.2) is 9.78 Å². The average molecular weight is 335 g/mol. The molecule has 1 saturated heterocycles. The first-order valence-corrected chi connectivity index (χ1v) is 7.96. The molecule has 3 heterocycles. The summed E-state index contributed by atoms with van der Waals surface area (Å²) in [5, 5.41) is 2.76. The number of benzene rings is 1. The number of hydrogen-bond donors (Lipinski definition) is 1. The predicted molar refractivity (Wildman–Crippen MR) is 91.4 cm³/mol. The van der Waals surface area contributed by atoms with Crippen LogP contribution in [0.2, 0.25) is 0 Å². The summed E-state index contributed by atoms with van der Waals surface area (Å²) in [4.78, 5) is 35.3. The molecular formula is C18H17N5O2. The molecule has 1 aliphatic rings. The Bertz CT molecular complexity index is 982. The first-order valence-electron chi connectivity index (χ1n) is 7.96. The normalized spacial score (nSPS) is 20.3. The van der Waals surface area contributed by atoms with Crippen molar-refractivity contribution in [1.29, 1.82) is 0 Å². The van der Waals surface area contributed by atoms with Crippen LogP contribution >= 0.6 is 0 Å². The Morgan fingerprint density at radius 1 is 1.12 bits per heavy atom. The van der Waals surface area contributed by atoms with Crippen LogP contribution in [0.15, 0.2) is 48.7 Å². The van der Waals surface area contributed by atoms with Crippen molar-refractivity contribution in [3.8, 4) is 0 Å². The van der Waals surface area contributed by atoms with Crippen LogP contribution < -0.4 is 5.32 Å². The topological polar surface area (TPSA) is 80.1 Å². The molecule has 3 amide bonds. The lowest BCUT2D eigenvalue weighted by molar-refractivity contribution is -0.131. The van der Waals surface area contributed by atoms with E-state index < -0.39 is 11.6 Å². The smallest absolute Gasteiger partial charge is 0.325 e. The van der Waals surface area contributed by atoms with E-state index in [0.29, 0.717) is 11.5 Å². The number of nitrogens with zero attached hydrogens (tertiary/aromatic N) is 4. The SMILES string of the molecule is Cn1c(CN2C(=O)NC(C)(c3ccccn3)C2=O)nc2ccccc21. The number of fused-ring (bicyclic) bond motifs is 1. The highest BCUT2D eigenvalue weighted by atomic mass is 16.2. The number of amides is 3. The van der Waals surface area contributed by atoms with E-state index in [1.165, 1.54) is 4.90 Å². The van der Waals surface area contributed by atoms with Gasteiger partial charge in [0.25, 0.3) is 5.91 Å². The first-order chi connectivity index (χ1) is 12.0. The van der Waals surface area contributed by atoms with Gasteiger partial charge in [0.15, 0.2) is 5.54 Å². The second-order valence-electron chi connectivity index (χ2n) is 6.24. The van der Waals surface area contributed by atoms with Gasteiger partial charge in [-0.3, -0.25) is 14.7 Å². The Labute approximate surface area is 144 Å². The molecule has 1 N–H and O–H groups in total. The van der Waals surface area contributed by atoms with E-state index in [9.17, 15) is 9.59 Å². The van der Waals surface area contributed by atoms with Crippen LogP contribution in [0.4, 0.5) is 4.79 Å². The van der Waals surface area contributed by atoms with E-state index >= 15 is 0 Å². The highest BCUT2D eigenvalue weighted by molar-refractivity contribution is 6.06. The zero-order valence-electron chi connectivity index (χ0n) is 13.9. The fraction of sp³-hybridized carbons (Fsp3) is 0.222. The molecule has 0 aliphatic carbocycles. The minimum Gasteiger partial charge on any atom is -0.330 e. The van der Waals surface area contributed by atoms with Crippen molar-refractivity contribution < 1.29 is 9.59 Å². The van der Waals surface area contributed by atoms with E-state index in [4.69, 9.17) is 0 Å². The fourth-order valence-electron chi connectivity index (χ4n) is 3.15. The molecule has 126 valence electrons. The van der Waals surface area contributed by atoms with Crippen molar-refractivity contribution in [1.82, 2.24) is 24.8 Å². The lowest BCUT2D eigenvalue weighted by Gasteiger charge is -2.20.